The number of aromatic nitrogens is 1. The Labute approximate surface area is 241 Å². The van der Waals surface area contributed by atoms with Crippen molar-refractivity contribution in [3.05, 3.63) is 70.7 Å². The Hall–Kier alpha value is -3.91. The van der Waals surface area contributed by atoms with Crippen LogP contribution in [0.5, 0.6) is 17.2 Å². The van der Waals surface area contributed by atoms with E-state index >= 15 is 0 Å². The second-order valence-corrected chi connectivity index (χ2v) is 11.7. The van der Waals surface area contributed by atoms with Crippen LogP contribution in [0.1, 0.15) is 12.7 Å². The SMILES string of the molecule is COc1cc(-c2csc(=Nc3ccc(S(=O)(=O)N4CCOCC4)cc3)n2N=C(C)c2ccco2)cc(OC)c1OC. The summed E-state index contributed by atoms with van der Waals surface area (Å²) < 4.78 is 56.7. The number of sulfonamides is 1. The molecule has 2 aromatic carbocycles. The Morgan fingerprint density at radius 2 is 1.66 bits per heavy atom. The lowest BCUT2D eigenvalue weighted by molar-refractivity contribution is 0.0730. The highest BCUT2D eigenvalue weighted by atomic mass is 32.2. The Kier molecular flexibility index (Phi) is 8.59. The highest BCUT2D eigenvalue weighted by Gasteiger charge is 2.26. The van der Waals surface area contributed by atoms with E-state index in [9.17, 15) is 8.42 Å². The summed E-state index contributed by atoms with van der Waals surface area (Å²) in [5.41, 5.74) is 2.70. The van der Waals surface area contributed by atoms with Gasteiger partial charge in [0.2, 0.25) is 20.6 Å². The molecule has 0 amide bonds. The molecule has 4 aromatic rings. The van der Waals surface area contributed by atoms with E-state index in [1.165, 1.54) is 15.6 Å². The number of methoxy groups -OCH3 is 3. The second kappa shape index (κ2) is 12.3. The highest BCUT2D eigenvalue weighted by Crippen LogP contribution is 2.41. The summed E-state index contributed by atoms with van der Waals surface area (Å²) in [5.74, 6) is 2.10. The van der Waals surface area contributed by atoms with E-state index in [2.05, 4.69) is 0 Å². The van der Waals surface area contributed by atoms with E-state index in [0.717, 1.165) is 11.3 Å². The largest absolute Gasteiger partial charge is 0.493 e. The van der Waals surface area contributed by atoms with Crippen molar-refractivity contribution in [2.45, 2.75) is 11.8 Å². The van der Waals surface area contributed by atoms with Crippen molar-refractivity contribution in [3.8, 4) is 28.5 Å². The highest BCUT2D eigenvalue weighted by molar-refractivity contribution is 7.89. The van der Waals surface area contributed by atoms with E-state index in [1.807, 2.05) is 30.5 Å². The van der Waals surface area contributed by atoms with Gasteiger partial charge in [-0.3, -0.25) is 0 Å². The van der Waals surface area contributed by atoms with Gasteiger partial charge >= 0.3 is 0 Å². The van der Waals surface area contributed by atoms with Crippen molar-refractivity contribution in [1.82, 2.24) is 8.98 Å². The van der Waals surface area contributed by atoms with Gasteiger partial charge in [0.15, 0.2) is 11.5 Å². The fourth-order valence-corrected chi connectivity index (χ4v) is 6.58. The van der Waals surface area contributed by atoms with Gasteiger partial charge in [-0.1, -0.05) is 0 Å². The molecule has 1 fully saturated rings. The first-order chi connectivity index (χ1) is 19.8. The molecule has 13 heteroatoms. The third-order valence-corrected chi connectivity index (χ3v) is 9.17. The van der Waals surface area contributed by atoms with Crippen LogP contribution >= 0.6 is 11.3 Å². The lowest BCUT2D eigenvalue weighted by Crippen LogP contribution is -2.40. The van der Waals surface area contributed by atoms with Crippen LogP contribution in [-0.2, 0) is 14.8 Å². The third-order valence-electron chi connectivity index (χ3n) is 6.44. The Balaban J connectivity index is 1.60. The summed E-state index contributed by atoms with van der Waals surface area (Å²) in [4.78, 5) is 5.57. The maximum Gasteiger partial charge on any atom is 0.243 e. The topological polar surface area (TPSA) is 117 Å². The minimum atomic E-state index is -3.61. The Bertz CT molecular complexity index is 1680. The van der Waals surface area contributed by atoms with Crippen LogP contribution in [0.4, 0.5) is 5.69 Å². The van der Waals surface area contributed by atoms with Crippen LogP contribution in [0.3, 0.4) is 0 Å². The van der Waals surface area contributed by atoms with E-state index < -0.39 is 10.0 Å². The summed E-state index contributed by atoms with van der Waals surface area (Å²) in [6.07, 6.45) is 1.59. The van der Waals surface area contributed by atoms with Gasteiger partial charge in [0, 0.05) is 24.0 Å². The molecule has 0 N–H and O–H groups in total. The van der Waals surface area contributed by atoms with Gasteiger partial charge < -0.3 is 23.4 Å². The minimum absolute atomic E-state index is 0.210. The van der Waals surface area contributed by atoms with Crippen molar-refractivity contribution in [2.75, 3.05) is 47.6 Å². The van der Waals surface area contributed by atoms with Crippen molar-refractivity contribution in [2.24, 2.45) is 10.1 Å². The molecule has 0 unspecified atom stereocenters. The second-order valence-electron chi connectivity index (χ2n) is 8.91. The Morgan fingerprint density at radius 1 is 0.976 bits per heavy atom. The van der Waals surface area contributed by atoms with Gasteiger partial charge in [-0.15, -0.1) is 11.3 Å². The van der Waals surface area contributed by atoms with Crippen LogP contribution in [0, 0.1) is 0 Å². The first kappa shape index (κ1) is 28.6. The molecule has 0 spiro atoms. The zero-order valence-electron chi connectivity index (χ0n) is 23.1. The van der Waals surface area contributed by atoms with Crippen molar-refractivity contribution < 1.29 is 31.8 Å². The number of furan rings is 1. The lowest BCUT2D eigenvalue weighted by Gasteiger charge is -2.26. The fourth-order valence-electron chi connectivity index (χ4n) is 4.32. The van der Waals surface area contributed by atoms with Crippen molar-refractivity contribution >= 4 is 32.8 Å². The zero-order chi connectivity index (χ0) is 29.0. The number of hydrogen-bond donors (Lipinski definition) is 0. The van der Waals surface area contributed by atoms with Crippen molar-refractivity contribution in [1.29, 1.82) is 0 Å². The first-order valence-electron chi connectivity index (χ1n) is 12.7. The predicted octanol–water partition coefficient (Wildman–Crippen LogP) is 4.36. The summed E-state index contributed by atoms with van der Waals surface area (Å²) in [6, 6.07) is 13.8. The van der Waals surface area contributed by atoms with Crippen LogP contribution in [-0.4, -0.2) is 70.7 Å². The number of rotatable bonds is 9. The third kappa shape index (κ3) is 5.93. The smallest absolute Gasteiger partial charge is 0.243 e. The molecule has 1 aliphatic heterocycles. The van der Waals surface area contributed by atoms with Gasteiger partial charge in [0.25, 0.3) is 0 Å². The summed E-state index contributed by atoms with van der Waals surface area (Å²) in [5, 5.41) is 6.76. The molecule has 3 heterocycles. The maximum atomic E-state index is 13.0. The molecule has 1 saturated heterocycles. The molecule has 2 aromatic heterocycles. The summed E-state index contributed by atoms with van der Waals surface area (Å²) in [6.45, 7) is 3.28. The molecular weight excluding hydrogens is 568 g/mol. The van der Waals surface area contributed by atoms with Gasteiger partial charge in [0.1, 0.15) is 11.5 Å². The lowest BCUT2D eigenvalue weighted by atomic mass is 10.1. The number of nitrogens with zero attached hydrogens (tertiary/aromatic N) is 4. The molecule has 0 aliphatic carbocycles. The van der Waals surface area contributed by atoms with Gasteiger partial charge in [-0.05, 0) is 55.5 Å². The van der Waals surface area contributed by atoms with E-state index in [0.29, 0.717) is 65.5 Å². The quantitative estimate of drug-likeness (QED) is 0.263. The molecule has 0 radical (unpaired) electrons. The molecule has 216 valence electrons. The van der Waals surface area contributed by atoms with E-state index in [4.69, 9.17) is 33.5 Å². The molecule has 41 heavy (non-hydrogen) atoms. The van der Waals surface area contributed by atoms with Crippen LogP contribution < -0.4 is 19.0 Å². The van der Waals surface area contributed by atoms with Gasteiger partial charge in [-0.2, -0.15) is 9.41 Å². The average Bonchev–Trinajstić information content (AvgIpc) is 3.68. The minimum Gasteiger partial charge on any atom is -0.493 e. The Morgan fingerprint density at radius 3 is 2.24 bits per heavy atom. The van der Waals surface area contributed by atoms with Crippen LogP contribution in [0.15, 0.2) is 79.6 Å². The van der Waals surface area contributed by atoms with Crippen LogP contribution in [0.25, 0.3) is 11.3 Å². The first-order valence-corrected chi connectivity index (χ1v) is 15.0. The van der Waals surface area contributed by atoms with Gasteiger partial charge in [0.05, 0.1) is 57.1 Å². The number of ether oxygens (including phenoxy) is 4. The van der Waals surface area contributed by atoms with Crippen LogP contribution in [0.2, 0.25) is 0 Å². The normalized spacial score (nSPS) is 15.2. The molecule has 5 rings (SSSR count). The number of benzene rings is 2. The fraction of sp³-hybridized carbons (Fsp3) is 0.286. The van der Waals surface area contributed by atoms with Crippen molar-refractivity contribution in [3.63, 3.8) is 0 Å². The summed E-state index contributed by atoms with van der Waals surface area (Å²) in [7, 11) is 1.07. The predicted molar refractivity (Wildman–Crippen MR) is 155 cm³/mol. The number of hydrogen-bond acceptors (Lipinski definition) is 10. The monoisotopic (exact) mass is 598 g/mol. The maximum absolute atomic E-state index is 13.0. The molecule has 11 nitrogen and oxygen atoms in total. The summed E-state index contributed by atoms with van der Waals surface area (Å²) >= 11 is 1.38. The molecule has 1 aliphatic rings. The zero-order valence-corrected chi connectivity index (χ0v) is 24.7. The van der Waals surface area contributed by atoms with Gasteiger partial charge in [-0.25, -0.2) is 18.1 Å². The van der Waals surface area contributed by atoms with E-state index in [-0.39, 0.29) is 4.90 Å². The molecule has 0 atom stereocenters. The number of thiazole rings is 1. The number of morpholine rings is 1. The molecular formula is C28H30N4O7S2. The molecule has 0 bridgehead atoms. The molecule has 0 saturated carbocycles. The standard InChI is InChI=1S/C28H30N4O7S2/c1-19(24-6-5-13-39-24)30-32-23(20-16-25(35-2)27(37-4)26(17-20)36-3)18-40-28(32)29-21-7-9-22(10-8-21)41(33,34)31-11-14-38-15-12-31/h5-10,13,16-18H,11-12,14-15H2,1-4H3. The van der Waals surface area contributed by atoms with E-state index in [1.54, 1.807) is 62.6 Å². The average molecular weight is 599 g/mol.